The molecule has 0 unspecified atom stereocenters. The standard InChI is InChI=1S/C17H23ClN2O5S/c18-16-5-4-14(26(23,24)19-7-9-25-10-8-19)11-15(16)17(22)20-6-2-1-3-13(20)12-21/h4-5,11,13,21H,1-3,6-10,12H2/t13-/m0/s1. The number of halogens is 1. The van der Waals surface area contributed by atoms with Crippen LogP contribution in [0.15, 0.2) is 23.1 Å². The van der Waals surface area contributed by atoms with Gasteiger partial charge in [0.15, 0.2) is 0 Å². The van der Waals surface area contributed by atoms with Gasteiger partial charge in [0.2, 0.25) is 10.0 Å². The minimum atomic E-state index is -3.71. The number of aliphatic hydroxyl groups is 1. The fourth-order valence-electron chi connectivity index (χ4n) is 3.38. The number of aliphatic hydroxyl groups excluding tert-OH is 1. The zero-order chi connectivity index (χ0) is 18.7. The smallest absolute Gasteiger partial charge is 0.255 e. The summed E-state index contributed by atoms with van der Waals surface area (Å²) in [5.74, 6) is -0.340. The molecule has 0 spiro atoms. The van der Waals surface area contributed by atoms with Crippen LogP contribution in [0.2, 0.25) is 5.02 Å². The van der Waals surface area contributed by atoms with E-state index in [9.17, 15) is 18.3 Å². The second-order valence-electron chi connectivity index (χ2n) is 6.49. The average Bonchev–Trinajstić information content (AvgIpc) is 2.68. The van der Waals surface area contributed by atoms with Crippen molar-refractivity contribution < 1.29 is 23.1 Å². The highest BCUT2D eigenvalue weighted by atomic mass is 35.5. The summed E-state index contributed by atoms with van der Waals surface area (Å²) in [6, 6.07) is 3.95. The van der Waals surface area contributed by atoms with E-state index < -0.39 is 10.0 Å². The number of likely N-dealkylation sites (tertiary alicyclic amines) is 1. The third-order valence-electron chi connectivity index (χ3n) is 4.87. The molecule has 2 aliphatic heterocycles. The number of nitrogens with zero attached hydrogens (tertiary/aromatic N) is 2. The summed E-state index contributed by atoms with van der Waals surface area (Å²) < 4.78 is 32.2. The molecule has 2 aliphatic rings. The average molecular weight is 403 g/mol. The summed E-state index contributed by atoms with van der Waals surface area (Å²) in [6.07, 6.45) is 2.53. The Balaban J connectivity index is 1.91. The Labute approximate surface area is 158 Å². The molecule has 3 rings (SSSR count). The van der Waals surface area contributed by atoms with E-state index in [1.165, 1.54) is 22.5 Å². The van der Waals surface area contributed by atoms with Crippen LogP contribution < -0.4 is 0 Å². The molecule has 0 saturated carbocycles. The van der Waals surface area contributed by atoms with Crippen LogP contribution in [0.4, 0.5) is 0 Å². The van der Waals surface area contributed by atoms with Gasteiger partial charge in [-0.05, 0) is 37.5 Å². The number of benzene rings is 1. The first-order valence-electron chi connectivity index (χ1n) is 8.74. The third-order valence-corrected chi connectivity index (χ3v) is 7.10. The molecule has 1 amide bonds. The van der Waals surface area contributed by atoms with Crippen molar-refractivity contribution in [3.8, 4) is 0 Å². The van der Waals surface area contributed by atoms with Gasteiger partial charge in [0.25, 0.3) is 5.91 Å². The summed E-state index contributed by atoms with van der Waals surface area (Å²) in [4.78, 5) is 14.6. The van der Waals surface area contributed by atoms with Gasteiger partial charge in [0.05, 0.1) is 41.3 Å². The number of carbonyl (C=O) groups excluding carboxylic acids is 1. The fraction of sp³-hybridized carbons (Fsp3) is 0.588. The molecular formula is C17H23ClN2O5S. The molecule has 1 aromatic rings. The zero-order valence-corrected chi connectivity index (χ0v) is 16.0. The summed E-state index contributed by atoms with van der Waals surface area (Å²) >= 11 is 6.20. The molecule has 1 aromatic carbocycles. The first-order valence-corrected chi connectivity index (χ1v) is 10.6. The van der Waals surface area contributed by atoms with Crippen LogP contribution in [0.3, 0.4) is 0 Å². The Bertz CT molecular complexity index is 764. The Morgan fingerprint density at radius 3 is 2.65 bits per heavy atom. The maximum absolute atomic E-state index is 12.9. The zero-order valence-electron chi connectivity index (χ0n) is 14.4. The van der Waals surface area contributed by atoms with Crippen molar-refractivity contribution in [1.82, 2.24) is 9.21 Å². The molecule has 9 heteroatoms. The molecule has 2 heterocycles. The molecule has 0 bridgehead atoms. The Morgan fingerprint density at radius 1 is 1.23 bits per heavy atom. The first kappa shape index (κ1) is 19.6. The van der Waals surface area contributed by atoms with Gasteiger partial charge in [-0.2, -0.15) is 4.31 Å². The first-order chi connectivity index (χ1) is 12.4. The number of piperidine rings is 1. The SMILES string of the molecule is O=C(c1cc(S(=O)(=O)N2CCOCC2)ccc1Cl)N1CCCC[C@H]1CO. The number of rotatable bonds is 4. The predicted octanol–water partition coefficient (Wildman–Crippen LogP) is 1.35. The quantitative estimate of drug-likeness (QED) is 0.821. The highest BCUT2D eigenvalue weighted by molar-refractivity contribution is 7.89. The molecule has 1 atom stereocenters. The molecule has 2 fully saturated rings. The van der Waals surface area contributed by atoms with Gasteiger partial charge in [0, 0.05) is 19.6 Å². The van der Waals surface area contributed by atoms with Crippen molar-refractivity contribution in [2.24, 2.45) is 0 Å². The summed E-state index contributed by atoms with van der Waals surface area (Å²) in [5.41, 5.74) is 0.154. The van der Waals surface area contributed by atoms with Gasteiger partial charge < -0.3 is 14.7 Å². The van der Waals surface area contributed by atoms with Gasteiger partial charge in [-0.15, -0.1) is 0 Å². The number of hydrogen-bond donors (Lipinski definition) is 1. The predicted molar refractivity (Wildman–Crippen MR) is 96.8 cm³/mol. The van der Waals surface area contributed by atoms with Crippen LogP contribution in [-0.4, -0.2) is 74.1 Å². The second kappa shape index (κ2) is 8.22. The van der Waals surface area contributed by atoms with E-state index in [1.807, 2.05) is 0 Å². The van der Waals surface area contributed by atoms with Crippen LogP contribution in [0.5, 0.6) is 0 Å². The topological polar surface area (TPSA) is 87.2 Å². The Kier molecular flexibility index (Phi) is 6.19. The molecule has 2 saturated heterocycles. The maximum atomic E-state index is 12.9. The molecule has 0 radical (unpaired) electrons. The van der Waals surface area contributed by atoms with E-state index in [1.54, 1.807) is 4.90 Å². The van der Waals surface area contributed by atoms with Crippen LogP contribution in [0, 0.1) is 0 Å². The molecule has 144 valence electrons. The molecule has 0 aliphatic carbocycles. The molecule has 1 N–H and O–H groups in total. The van der Waals surface area contributed by atoms with Crippen LogP contribution >= 0.6 is 11.6 Å². The fourth-order valence-corrected chi connectivity index (χ4v) is 5.01. The lowest BCUT2D eigenvalue weighted by atomic mass is 10.0. The Hall–Kier alpha value is -1.19. The third kappa shape index (κ3) is 3.89. The number of hydrogen-bond acceptors (Lipinski definition) is 5. The second-order valence-corrected chi connectivity index (χ2v) is 8.83. The minimum absolute atomic E-state index is 0.0460. The number of morpholine rings is 1. The lowest BCUT2D eigenvalue weighted by Gasteiger charge is -2.35. The lowest BCUT2D eigenvalue weighted by Crippen LogP contribution is -2.45. The van der Waals surface area contributed by atoms with E-state index >= 15 is 0 Å². The molecular weight excluding hydrogens is 380 g/mol. The van der Waals surface area contributed by atoms with Crippen LogP contribution in [0.25, 0.3) is 0 Å². The van der Waals surface area contributed by atoms with Gasteiger partial charge in [-0.3, -0.25) is 4.79 Å². The number of ether oxygens (including phenoxy) is 1. The van der Waals surface area contributed by atoms with E-state index in [4.69, 9.17) is 16.3 Å². The number of amides is 1. The summed E-state index contributed by atoms with van der Waals surface area (Å²) in [7, 11) is -3.71. The normalized spacial score (nSPS) is 22.4. The van der Waals surface area contributed by atoms with Crippen molar-refractivity contribution in [3.05, 3.63) is 28.8 Å². The highest BCUT2D eigenvalue weighted by Gasteiger charge is 2.31. The number of carbonyl (C=O) groups is 1. The van der Waals surface area contributed by atoms with Crippen LogP contribution in [0.1, 0.15) is 29.6 Å². The summed E-state index contributed by atoms with van der Waals surface area (Å²) in [6.45, 7) is 1.69. The largest absolute Gasteiger partial charge is 0.394 e. The molecule has 26 heavy (non-hydrogen) atoms. The van der Waals surface area contributed by atoms with E-state index in [0.29, 0.717) is 19.8 Å². The lowest BCUT2D eigenvalue weighted by molar-refractivity contribution is 0.0503. The molecule has 0 aromatic heterocycles. The maximum Gasteiger partial charge on any atom is 0.255 e. The van der Waals surface area contributed by atoms with Crippen molar-refractivity contribution in [2.75, 3.05) is 39.5 Å². The molecule has 7 nitrogen and oxygen atoms in total. The highest BCUT2D eigenvalue weighted by Crippen LogP contribution is 2.27. The van der Waals surface area contributed by atoms with E-state index in [2.05, 4.69) is 0 Å². The van der Waals surface area contributed by atoms with Gasteiger partial charge in [0.1, 0.15) is 0 Å². The summed E-state index contributed by atoms with van der Waals surface area (Å²) in [5, 5.41) is 9.75. The van der Waals surface area contributed by atoms with E-state index in [0.717, 1.165) is 19.3 Å². The van der Waals surface area contributed by atoms with Crippen molar-refractivity contribution in [2.45, 2.75) is 30.2 Å². The van der Waals surface area contributed by atoms with E-state index in [-0.39, 0.29) is 47.1 Å². The number of sulfonamides is 1. The van der Waals surface area contributed by atoms with Gasteiger partial charge in [-0.1, -0.05) is 11.6 Å². The van der Waals surface area contributed by atoms with Crippen molar-refractivity contribution >= 4 is 27.5 Å². The van der Waals surface area contributed by atoms with Gasteiger partial charge >= 0.3 is 0 Å². The minimum Gasteiger partial charge on any atom is -0.394 e. The monoisotopic (exact) mass is 402 g/mol. The van der Waals surface area contributed by atoms with Crippen molar-refractivity contribution in [1.29, 1.82) is 0 Å². The Morgan fingerprint density at radius 2 is 1.96 bits per heavy atom. The van der Waals surface area contributed by atoms with Crippen molar-refractivity contribution in [3.63, 3.8) is 0 Å². The van der Waals surface area contributed by atoms with Gasteiger partial charge in [-0.25, -0.2) is 8.42 Å². The van der Waals surface area contributed by atoms with Crippen LogP contribution in [-0.2, 0) is 14.8 Å².